The number of furan rings is 1. The number of aliphatic imine (C=N–C) groups is 2. The van der Waals surface area contributed by atoms with Gasteiger partial charge in [0.05, 0.1) is 12.0 Å². The molecule has 1 unspecified atom stereocenters. The lowest BCUT2D eigenvalue weighted by atomic mass is 10.0. The van der Waals surface area contributed by atoms with E-state index in [2.05, 4.69) is 22.2 Å². The fourth-order valence-electron chi connectivity index (χ4n) is 3.14. The van der Waals surface area contributed by atoms with E-state index >= 15 is 0 Å². The molecule has 0 saturated carbocycles. The maximum Gasteiger partial charge on any atom is 0.313 e. The number of rotatable bonds is 4. The smallest absolute Gasteiger partial charge is 0.313 e. The molecular weight excluding hydrogens is 382 g/mol. The van der Waals surface area contributed by atoms with Crippen molar-refractivity contribution >= 4 is 46.2 Å². The highest BCUT2D eigenvalue weighted by molar-refractivity contribution is 8.14. The van der Waals surface area contributed by atoms with Crippen LogP contribution in [0.25, 0.3) is 0 Å². The predicted molar refractivity (Wildman–Crippen MR) is 106 cm³/mol. The first-order valence-electron chi connectivity index (χ1n) is 9.07. The summed E-state index contributed by atoms with van der Waals surface area (Å²) in [5, 5.41) is 10.5. The number of piperidine rings is 1. The molecular formula is C18H21N5O4S. The van der Waals surface area contributed by atoms with Crippen LogP contribution in [0.1, 0.15) is 43.2 Å². The normalized spacial score (nSPS) is 21.5. The van der Waals surface area contributed by atoms with E-state index in [1.807, 2.05) is 4.90 Å². The van der Waals surface area contributed by atoms with E-state index in [1.165, 1.54) is 18.4 Å². The second kappa shape index (κ2) is 8.96. The van der Waals surface area contributed by atoms with Gasteiger partial charge < -0.3 is 9.32 Å². The van der Waals surface area contributed by atoms with E-state index < -0.39 is 17.6 Å². The van der Waals surface area contributed by atoms with Crippen LogP contribution in [0.15, 0.2) is 32.8 Å². The molecule has 1 fully saturated rings. The number of hydrogen-bond donors (Lipinski definition) is 2. The van der Waals surface area contributed by atoms with Crippen LogP contribution < -0.4 is 5.32 Å². The molecule has 0 aromatic carbocycles. The van der Waals surface area contributed by atoms with Gasteiger partial charge in [-0.2, -0.15) is 4.99 Å². The van der Waals surface area contributed by atoms with Gasteiger partial charge in [-0.15, -0.1) is 0 Å². The fraction of sp³-hybridized carbons (Fsp3) is 0.444. The number of carbonyl (C=O) groups is 3. The summed E-state index contributed by atoms with van der Waals surface area (Å²) in [5.41, 5.74) is -0.390. The van der Waals surface area contributed by atoms with Crippen LogP contribution in [0.4, 0.5) is 0 Å². The van der Waals surface area contributed by atoms with Crippen LogP contribution >= 0.6 is 11.8 Å². The van der Waals surface area contributed by atoms with Gasteiger partial charge in [0.25, 0.3) is 5.91 Å². The Hall–Kier alpha value is -2.75. The van der Waals surface area contributed by atoms with Crippen LogP contribution in [0, 0.1) is 5.41 Å². The fourth-order valence-corrected chi connectivity index (χ4v) is 3.89. The molecule has 3 rings (SSSR count). The Labute approximate surface area is 166 Å². The largest absolute Gasteiger partial charge is 0.459 e. The summed E-state index contributed by atoms with van der Waals surface area (Å²) in [7, 11) is 0. The van der Waals surface area contributed by atoms with Gasteiger partial charge in [-0.1, -0.05) is 18.7 Å². The van der Waals surface area contributed by atoms with Crippen molar-refractivity contribution < 1.29 is 18.8 Å². The number of hydrogen-bond acceptors (Lipinski definition) is 6. The molecule has 9 nitrogen and oxygen atoms in total. The first-order chi connectivity index (χ1) is 13.5. The summed E-state index contributed by atoms with van der Waals surface area (Å²) < 4.78 is 4.93. The lowest BCUT2D eigenvalue weighted by molar-refractivity contribution is -0.132. The quantitative estimate of drug-likeness (QED) is 0.793. The zero-order valence-corrected chi connectivity index (χ0v) is 16.3. The predicted octanol–water partition coefficient (Wildman–Crippen LogP) is 1.85. The topological polar surface area (TPSA) is 128 Å². The van der Waals surface area contributed by atoms with Crippen molar-refractivity contribution in [3.8, 4) is 0 Å². The summed E-state index contributed by atoms with van der Waals surface area (Å²) in [6.45, 7) is 2.82. The molecule has 2 N–H and O–H groups in total. The number of carbonyl (C=O) groups excluding carboxylic acids is 3. The number of nitrogens with one attached hydrogen (secondary N) is 2. The molecule has 1 aromatic rings. The summed E-state index contributed by atoms with van der Waals surface area (Å²) >= 11 is 1.07. The summed E-state index contributed by atoms with van der Waals surface area (Å²) in [6, 6.07) is 3.20. The third kappa shape index (κ3) is 4.56. The average Bonchev–Trinajstić information content (AvgIpc) is 3.23. The zero-order chi connectivity index (χ0) is 20.1. The van der Waals surface area contributed by atoms with E-state index in [0.29, 0.717) is 0 Å². The Morgan fingerprint density at radius 2 is 2.29 bits per heavy atom. The third-order valence-corrected chi connectivity index (χ3v) is 5.43. The molecule has 10 heteroatoms. The maximum absolute atomic E-state index is 12.5. The minimum Gasteiger partial charge on any atom is -0.459 e. The molecule has 0 radical (unpaired) electrons. The number of thioether (sulfide) groups is 1. The monoisotopic (exact) mass is 403 g/mol. The average molecular weight is 403 g/mol. The summed E-state index contributed by atoms with van der Waals surface area (Å²) in [4.78, 5) is 46.1. The summed E-state index contributed by atoms with van der Waals surface area (Å²) in [5.74, 6) is -1.82. The van der Waals surface area contributed by atoms with Gasteiger partial charge in [0.2, 0.25) is 5.91 Å². The highest BCUT2D eigenvalue weighted by Crippen LogP contribution is 2.21. The minimum absolute atomic E-state index is 0.00695. The van der Waals surface area contributed by atoms with Crippen molar-refractivity contribution in [2.75, 3.05) is 12.3 Å². The van der Waals surface area contributed by atoms with Crippen molar-refractivity contribution in [2.24, 2.45) is 9.98 Å². The highest BCUT2D eigenvalue weighted by Gasteiger charge is 2.29. The van der Waals surface area contributed by atoms with Gasteiger partial charge >= 0.3 is 5.91 Å². The number of amidine groups is 2. The zero-order valence-electron chi connectivity index (χ0n) is 15.4. The highest BCUT2D eigenvalue weighted by atomic mass is 32.2. The molecule has 0 aliphatic carbocycles. The first-order valence-corrected chi connectivity index (χ1v) is 10.1. The van der Waals surface area contributed by atoms with Gasteiger partial charge in [-0.05, 0) is 37.8 Å². The Morgan fingerprint density at radius 1 is 1.46 bits per heavy atom. The van der Waals surface area contributed by atoms with Crippen LogP contribution in [-0.2, 0) is 9.59 Å². The van der Waals surface area contributed by atoms with E-state index in [0.717, 1.165) is 44.0 Å². The molecule has 0 spiro atoms. The molecule has 3 amide bonds. The Balaban J connectivity index is 1.62. The number of likely N-dealkylation sites (tertiary alicyclic amines) is 1. The van der Waals surface area contributed by atoms with Gasteiger partial charge in [-0.25, -0.2) is 4.99 Å². The molecule has 28 heavy (non-hydrogen) atoms. The Bertz CT molecular complexity index is 846. The van der Waals surface area contributed by atoms with E-state index in [4.69, 9.17) is 9.83 Å². The molecule has 3 heterocycles. The van der Waals surface area contributed by atoms with Gasteiger partial charge in [0, 0.05) is 12.6 Å². The van der Waals surface area contributed by atoms with Crippen LogP contribution in [0.2, 0.25) is 0 Å². The molecule has 1 saturated heterocycles. The Morgan fingerprint density at radius 3 is 2.96 bits per heavy atom. The van der Waals surface area contributed by atoms with E-state index in [1.54, 1.807) is 0 Å². The second-order valence-corrected chi connectivity index (χ2v) is 7.36. The summed E-state index contributed by atoms with van der Waals surface area (Å²) in [6.07, 6.45) is 5.38. The first kappa shape index (κ1) is 20.0. The molecule has 0 bridgehead atoms. The van der Waals surface area contributed by atoms with Gasteiger partial charge in [0.1, 0.15) is 0 Å². The Kier molecular flexibility index (Phi) is 6.40. The van der Waals surface area contributed by atoms with E-state index in [9.17, 15) is 14.4 Å². The number of nitrogens with zero attached hydrogens (tertiary/aromatic N) is 3. The van der Waals surface area contributed by atoms with Crippen LogP contribution in [-0.4, -0.2) is 57.7 Å². The lowest BCUT2D eigenvalue weighted by Crippen LogP contribution is -2.46. The SMILES string of the molecule is CCC1CCCCN1C(=O)CSC1=NC(=N)C(=NC(=O)c2ccco2)C(=O)N1. The molecule has 148 valence electrons. The maximum atomic E-state index is 12.5. The third-order valence-electron chi connectivity index (χ3n) is 4.57. The molecule has 2 aliphatic rings. The molecule has 2 aliphatic heterocycles. The lowest BCUT2D eigenvalue weighted by Gasteiger charge is -2.35. The van der Waals surface area contributed by atoms with Crippen molar-refractivity contribution in [2.45, 2.75) is 38.6 Å². The second-order valence-electron chi connectivity index (χ2n) is 6.40. The molecule has 1 aromatic heterocycles. The van der Waals surface area contributed by atoms with E-state index in [-0.39, 0.29) is 34.3 Å². The van der Waals surface area contributed by atoms with Crippen molar-refractivity contribution in [3.05, 3.63) is 24.2 Å². The standard InChI is InChI=1S/C18H21N5O4S/c1-2-11-6-3-4-8-23(11)13(24)10-28-18-21-15(19)14(17(26)22-18)20-16(25)12-7-5-9-27-12/h5,7,9,11H,2-4,6,8,10H2,1H3,(H2,19,21,22,26). The van der Waals surface area contributed by atoms with Gasteiger partial charge in [-0.3, -0.25) is 25.1 Å². The van der Waals surface area contributed by atoms with Gasteiger partial charge in [0.15, 0.2) is 22.5 Å². The van der Waals surface area contributed by atoms with Crippen molar-refractivity contribution in [3.63, 3.8) is 0 Å². The molecule has 1 atom stereocenters. The van der Waals surface area contributed by atoms with Crippen LogP contribution in [0.5, 0.6) is 0 Å². The number of amides is 3. The van der Waals surface area contributed by atoms with Crippen LogP contribution in [0.3, 0.4) is 0 Å². The van der Waals surface area contributed by atoms with Crippen molar-refractivity contribution in [1.82, 2.24) is 10.2 Å². The minimum atomic E-state index is -0.767. The van der Waals surface area contributed by atoms with Crippen molar-refractivity contribution in [1.29, 1.82) is 5.41 Å².